The Hall–Kier alpha value is -2.37. The molecule has 6 heteroatoms. The number of rotatable bonds is 4. The largest absolute Gasteiger partial charge is 0.412 e. The maximum absolute atomic E-state index is 11.7. The lowest BCUT2D eigenvalue weighted by Gasteiger charge is -2.22. The van der Waals surface area contributed by atoms with Crippen LogP contribution < -0.4 is 10.1 Å². The van der Waals surface area contributed by atoms with E-state index in [4.69, 9.17) is 4.74 Å². The van der Waals surface area contributed by atoms with E-state index < -0.39 is 11.0 Å². The van der Waals surface area contributed by atoms with Gasteiger partial charge >= 0.3 is 6.09 Å². The molecule has 0 saturated heterocycles. The van der Waals surface area contributed by atoms with Gasteiger partial charge in [0.2, 0.25) is 6.20 Å². The summed E-state index contributed by atoms with van der Waals surface area (Å²) in [5, 5.41) is 13.1. The molecule has 21 heavy (non-hydrogen) atoms. The number of ether oxygens (including phenoxy) is 1. The normalized spacial score (nSPS) is 15.8. The number of benzene rings is 1. The van der Waals surface area contributed by atoms with E-state index in [2.05, 4.69) is 5.32 Å². The zero-order valence-corrected chi connectivity index (χ0v) is 11.7. The first-order chi connectivity index (χ1) is 10.1. The van der Waals surface area contributed by atoms with Crippen molar-refractivity contribution >= 4 is 12.2 Å². The zero-order valence-electron chi connectivity index (χ0n) is 11.7. The minimum Gasteiger partial charge on any atom is -0.410 e. The second kappa shape index (κ2) is 7.42. The molecule has 0 radical (unpaired) electrons. The van der Waals surface area contributed by atoms with Crippen molar-refractivity contribution < 1.29 is 14.5 Å². The maximum atomic E-state index is 11.7. The summed E-state index contributed by atoms with van der Waals surface area (Å²) in [7, 11) is 0. The maximum Gasteiger partial charge on any atom is 0.412 e. The molecule has 0 bridgehead atoms. The van der Waals surface area contributed by atoms with E-state index >= 15 is 0 Å². The number of carbonyl (C=O) groups excluding carboxylic acids is 1. The van der Waals surface area contributed by atoms with Gasteiger partial charge in [0, 0.05) is 12.1 Å². The Labute approximate surface area is 122 Å². The van der Waals surface area contributed by atoms with E-state index in [0.717, 1.165) is 31.9 Å². The smallest absolute Gasteiger partial charge is 0.410 e. The Morgan fingerprint density at radius 3 is 2.52 bits per heavy atom. The van der Waals surface area contributed by atoms with Gasteiger partial charge in [0.05, 0.1) is 4.92 Å². The summed E-state index contributed by atoms with van der Waals surface area (Å²) in [5.41, 5.74) is 0.673. The lowest BCUT2D eigenvalue weighted by molar-refractivity contribution is -0.400. The predicted octanol–water partition coefficient (Wildman–Crippen LogP) is 3.36. The average Bonchev–Trinajstić information content (AvgIpc) is 2.47. The van der Waals surface area contributed by atoms with Crippen LogP contribution in [-0.4, -0.2) is 17.1 Å². The van der Waals surface area contributed by atoms with Crippen LogP contribution in [-0.2, 0) is 0 Å². The molecule has 1 aliphatic rings. The first-order valence-electron chi connectivity index (χ1n) is 7.03. The van der Waals surface area contributed by atoms with Crippen molar-refractivity contribution in [2.75, 3.05) is 0 Å². The average molecular weight is 290 g/mol. The van der Waals surface area contributed by atoms with E-state index in [9.17, 15) is 14.9 Å². The Kier molecular flexibility index (Phi) is 5.31. The summed E-state index contributed by atoms with van der Waals surface area (Å²) in [5.74, 6) is 0.418. The molecule has 0 aromatic heterocycles. The Balaban J connectivity index is 1.84. The topological polar surface area (TPSA) is 81.5 Å². The summed E-state index contributed by atoms with van der Waals surface area (Å²) < 4.78 is 5.19. The van der Waals surface area contributed by atoms with Crippen LogP contribution in [0.5, 0.6) is 5.75 Å². The minimum absolute atomic E-state index is 0.202. The molecule has 6 nitrogen and oxygen atoms in total. The van der Waals surface area contributed by atoms with Gasteiger partial charge in [-0.05, 0) is 30.5 Å². The standard InChI is InChI=1S/C15H18N2O4/c18-15(16-13-4-2-1-3-5-13)21-14-8-6-12(7-9-14)10-11-17(19)20/h6-11,13H,1-5H2,(H,16,18). The highest BCUT2D eigenvalue weighted by Crippen LogP contribution is 2.18. The van der Waals surface area contributed by atoms with Crippen molar-refractivity contribution in [2.45, 2.75) is 38.1 Å². The molecule has 1 saturated carbocycles. The Morgan fingerprint density at radius 1 is 1.24 bits per heavy atom. The van der Waals surface area contributed by atoms with Gasteiger partial charge < -0.3 is 10.1 Å². The number of nitrogens with one attached hydrogen (secondary N) is 1. The van der Waals surface area contributed by atoms with Crippen molar-refractivity contribution in [3.63, 3.8) is 0 Å². The molecule has 1 aromatic rings. The molecule has 0 spiro atoms. The van der Waals surface area contributed by atoms with Gasteiger partial charge in [-0.2, -0.15) is 0 Å². The van der Waals surface area contributed by atoms with Crippen LogP contribution in [0.4, 0.5) is 4.79 Å². The van der Waals surface area contributed by atoms with Crippen molar-refractivity contribution in [1.82, 2.24) is 5.32 Å². The first kappa shape index (κ1) is 15.0. The number of nitro groups is 1. The number of hydrogen-bond acceptors (Lipinski definition) is 4. The SMILES string of the molecule is O=C(NC1CCCCC1)Oc1ccc(C=C[N+](=O)[O-])cc1. The monoisotopic (exact) mass is 290 g/mol. The summed E-state index contributed by atoms with van der Waals surface area (Å²) in [4.78, 5) is 21.4. The van der Waals surface area contributed by atoms with Crippen LogP contribution in [0.1, 0.15) is 37.7 Å². The van der Waals surface area contributed by atoms with Crippen LogP contribution in [0, 0.1) is 10.1 Å². The lowest BCUT2D eigenvalue weighted by Crippen LogP contribution is -2.37. The fourth-order valence-corrected chi connectivity index (χ4v) is 2.34. The van der Waals surface area contributed by atoms with Crippen LogP contribution in [0.2, 0.25) is 0 Å². The zero-order chi connectivity index (χ0) is 15.1. The molecular weight excluding hydrogens is 272 g/mol. The Bertz CT molecular complexity index is 519. The number of amides is 1. The van der Waals surface area contributed by atoms with Gasteiger partial charge in [0.15, 0.2) is 0 Å². The van der Waals surface area contributed by atoms with E-state index in [-0.39, 0.29) is 6.04 Å². The van der Waals surface area contributed by atoms with Gasteiger partial charge in [0.1, 0.15) is 5.75 Å². The highest BCUT2D eigenvalue weighted by Gasteiger charge is 2.16. The summed E-state index contributed by atoms with van der Waals surface area (Å²) in [6.45, 7) is 0. The quantitative estimate of drug-likeness (QED) is 0.681. The van der Waals surface area contributed by atoms with E-state index in [1.54, 1.807) is 24.3 Å². The summed E-state index contributed by atoms with van der Waals surface area (Å²) >= 11 is 0. The van der Waals surface area contributed by atoms with Gasteiger partial charge in [0.25, 0.3) is 0 Å². The van der Waals surface area contributed by atoms with E-state index in [0.29, 0.717) is 11.3 Å². The molecular formula is C15H18N2O4. The molecule has 0 heterocycles. The highest BCUT2D eigenvalue weighted by molar-refractivity contribution is 5.70. The van der Waals surface area contributed by atoms with Crippen molar-refractivity contribution in [3.8, 4) is 5.75 Å². The number of hydrogen-bond donors (Lipinski definition) is 1. The molecule has 1 fully saturated rings. The summed E-state index contributed by atoms with van der Waals surface area (Å²) in [6, 6.07) is 6.74. The third-order valence-electron chi connectivity index (χ3n) is 3.41. The fourth-order valence-electron chi connectivity index (χ4n) is 2.34. The van der Waals surface area contributed by atoms with Crippen LogP contribution >= 0.6 is 0 Å². The molecule has 1 aromatic carbocycles. The molecule has 1 amide bonds. The van der Waals surface area contributed by atoms with E-state index in [1.165, 1.54) is 12.5 Å². The van der Waals surface area contributed by atoms with Crippen molar-refractivity contribution in [1.29, 1.82) is 0 Å². The van der Waals surface area contributed by atoms with Gasteiger partial charge in [-0.1, -0.05) is 31.4 Å². The molecule has 0 aliphatic heterocycles. The van der Waals surface area contributed by atoms with Gasteiger partial charge in [-0.15, -0.1) is 0 Å². The van der Waals surface area contributed by atoms with Crippen LogP contribution in [0.25, 0.3) is 6.08 Å². The second-order valence-corrected chi connectivity index (χ2v) is 5.04. The highest BCUT2D eigenvalue weighted by atomic mass is 16.6. The number of carbonyl (C=O) groups is 1. The van der Waals surface area contributed by atoms with Crippen molar-refractivity contribution in [2.24, 2.45) is 0 Å². The predicted molar refractivity (Wildman–Crippen MR) is 78.5 cm³/mol. The van der Waals surface area contributed by atoms with Crippen LogP contribution in [0.3, 0.4) is 0 Å². The van der Waals surface area contributed by atoms with Gasteiger partial charge in [-0.3, -0.25) is 10.1 Å². The third-order valence-corrected chi connectivity index (χ3v) is 3.41. The second-order valence-electron chi connectivity index (χ2n) is 5.04. The third kappa shape index (κ3) is 5.25. The summed E-state index contributed by atoms with van der Waals surface area (Å²) in [6.07, 6.45) is 7.31. The molecule has 0 atom stereocenters. The molecule has 1 aliphatic carbocycles. The van der Waals surface area contributed by atoms with Gasteiger partial charge in [-0.25, -0.2) is 4.79 Å². The molecule has 112 valence electrons. The minimum atomic E-state index is -0.526. The van der Waals surface area contributed by atoms with E-state index in [1.807, 2.05) is 0 Å². The first-order valence-corrected chi connectivity index (χ1v) is 7.03. The fraction of sp³-hybridized carbons (Fsp3) is 0.400. The number of nitrogens with zero attached hydrogens (tertiary/aromatic N) is 1. The molecule has 1 N–H and O–H groups in total. The lowest BCUT2D eigenvalue weighted by atomic mass is 9.96. The molecule has 2 rings (SSSR count). The van der Waals surface area contributed by atoms with Crippen LogP contribution in [0.15, 0.2) is 30.5 Å². The van der Waals surface area contributed by atoms with Crippen molar-refractivity contribution in [3.05, 3.63) is 46.1 Å². The molecule has 0 unspecified atom stereocenters. The Morgan fingerprint density at radius 2 is 1.90 bits per heavy atom.